The highest BCUT2D eigenvalue weighted by atomic mass is 16.5. The van der Waals surface area contributed by atoms with Crippen molar-refractivity contribution in [2.45, 2.75) is 25.3 Å². The number of aromatic nitrogens is 2. The van der Waals surface area contributed by atoms with Crippen LogP contribution in [0.3, 0.4) is 0 Å². The Morgan fingerprint density at radius 3 is 3.05 bits per heavy atom. The Kier molecular flexibility index (Phi) is 3.80. The highest BCUT2D eigenvalue weighted by Gasteiger charge is 2.20. The molecule has 0 saturated carbocycles. The third-order valence-electron chi connectivity index (χ3n) is 3.98. The van der Waals surface area contributed by atoms with Gasteiger partial charge in [-0.3, -0.25) is 0 Å². The van der Waals surface area contributed by atoms with Gasteiger partial charge in [-0.1, -0.05) is 0 Å². The fourth-order valence-electron chi connectivity index (χ4n) is 2.97. The van der Waals surface area contributed by atoms with Gasteiger partial charge in [-0.15, -0.1) is 0 Å². The number of nitrogens with zero attached hydrogens (tertiary/aromatic N) is 2. The van der Waals surface area contributed by atoms with E-state index >= 15 is 0 Å². The van der Waals surface area contributed by atoms with Crippen molar-refractivity contribution in [3.05, 3.63) is 30.1 Å². The first-order valence-electron chi connectivity index (χ1n) is 7.03. The second-order valence-corrected chi connectivity index (χ2v) is 5.17. The lowest BCUT2D eigenvalue weighted by atomic mass is 9.90. The summed E-state index contributed by atoms with van der Waals surface area (Å²) in [6, 6.07) is 4.23. The molecule has 3 heterocycles. The van der Waals surface area contributed by atoms with Gasteiger partial charge < -0.3 is 14.6 Å². The molecule has 0 radical (unpaired) electrons. The van der Waals surface area contributed by atoms with E-state index in [0.717, 1.165) is 31.9 Å². The van der Waals surface area contributed by atoms with Gasteiger partial charge in [-0.05, 0) is 49.5 Å². The molecule has 2 aromatic heterocycles. The lowest BCUT2D eigenvalue weighted by Crippen LogP contribution is -2.26. The van der Waals surface area contributed by atoms with Crippen molar-refractivity contribution in [1.82, 2.24) is 14.9 Å². The van der Waals surface area contributed by atoms with E-state index in [1.54, 1.807) is 7.11 Å². The topological polar surface area (TPSA) is 39.1 Å². The average Bonchev–Trinajstić information content (AvgIpc) is 2.85. The fourth-order valence-corrected chi connectivity index (χ4v) is 2.97. The molecule has 0 aromatic carbocycles. The van der Waals surface area contributed by atoms with Gasteiger partial charge in [0, 0.05) is 31.4 Å². The first kappa shape index (κ1) is 12.6. The monoisotopic (exact) mass is 259 g/mol. The standard InChI is InChI=1S/C15H21N3O/c1-19-10-9-18-11-14(12-4-7-16-8-5-12)13-3-2-6-17-15(13)18/h2-3,6,11-12,16H,4-5,7-10H2,1H3. The lowest BCUT2D eigenvalue weighted by molar-refractivity contribution is 0.188. The van der Waals surface area contributed by atoms with Crippen LogP contribution in [-0.2, 0) is 11.3 Å². The molecule has 3 rings (SSSR count). The molecule has 0 amide bonds. The summed E-state index contributed by atoms with van der Waals surface area (Å²) in [6.45, 7) is 3.84. The minimum Gasteiger partial charge on any atom is -0.383 e. The molecule has 1 saturated heterocycles. The van der Waals surface area contributed by atoms with Gasteiger partial charge >= 0.3 is 0 Å². The maximum Gasteiger partial charge on any atom is 0.140 e. The number of hydrogen-bond acceptors (Lipinski definition) is 3. The van der Waals surface area contributed by atoms with Gasteiger partial charge in [0.2, 0.25) is 0 Å². The number of hydrogen-bond donors (Lipinski definition) is 1. The van der Waals surface area contributed by atoms with E-state index < -0.39 is 0 Å². The summed E-state index contributed by atoms with van der Waals surface area (Å²) in [4.78, 5) is 4.54. The number of methoxy groups -OCH3 is 1. The van der Waals surface area contributed by atoms with Crippen LogP contribution >= 0.6 is 0 Å². The SMILES string of the molecule is COCCn1cc(C2CCNCC2)c2cccnc21. The zero-order valence-corrected chi connectivity index (χ0v) is 11.4. The van der Waals surface area contributed by atoms with Crippen LogP contribution in [0, 0.1) is 0 Å². The molecule has 2 aromatic rings. The third kappa shape index (κ3) is 2.51. The lowest BCUT2D eigenvalue weighted by Gasteiger charge is -2.22. The van der Waals surface area contributed by atoms with Crippen LogP contribution in [0.2, 0.25) is 0 Å². The second-order valence-electron chi connectivity index (χ2n) is 5.17. The predicted molar refractivity (Wildman–Crippen MR) is 76.5 cm³/mol. The first-order chi connectivity index (χ1) is 9.40. The van der Waals surface area contributed by atoms with Gasteiger partial charge in [0.15, 0.2) is 0 Å². The van der Waals surface area contributed by atoms with E-state index in [-0.39, 0.29) is 0 Å². The number of ether oxygens (including phenoxy) is 1. The van der Waals surface area contributed by atoms with E-state index in [2.05, 4.69) is 27.1 Å². The van der Waals surface area contributed by atoms with Crippen LogP contribution in [0.4, 0.5) is 0 Å². The van der Waals surface area contributed by atoms with Gasteiger partial charge in [-0.25, -0.2) is 4.98 Å². The Hall–Kier alpha value is -1.39. The zero-order chi connectivity index (χ0) is 13.1. The van der Waals surface area contributed by atoms with Crippen LogP contribution in [0.15, 0.2) is 24.5 Å². The molecule has 0 atom stereocenters. The molecule has 1 fully saturated rings. The fraction of sp³-hybridized carbons (Fsp3) is 0.533. The number of rotatable bonds is 4. The molecule has 1 N–H and O–H groups in total. The number of piperidine rings is 1. The summed E-state index contributed by atoms with van der Waals surface area (Å²) < 4.78 is 7.42. The average molecular weight is 259 g/mol. The molecular formula is C15H21N3O. The van der Waals surface area contributed by atoms with Crippen molar-refractivity contribution in [3.8, 4) is 0 Å². The summed E-state index contributed by atoms with van der Waals surface area (Å²) in [5, 5.41) is 4.74. The second kappa shape index (κ2) is 5.72. The van der Waals surface area contributed by atoms with Crippen molar-refractivity contribution in [3.63, 3.8) is 0 Å². The normalized spacial score (nSPS) is 17.1. The maximum atomic E-state index is 5.19. The van der Waals surface area contributed by atoms with E-state index in [9.17, 15) is 0 Å². The number of fused-ring (bicyclic) bond motifs is 1. The van der Waals surface area contributed by atoms with Crippen LogP contribution in [0.5, 0.6) is 0 Å². The first-order valence-corrected chi connectivity index (χ1v) is 7.03. The molecule has 4 nitrogen and oxygen atoms in total. The van der Waals surface area contributed by atoms with E-state index in [1.165, 1.54) is 23.8 Å². The molecule has 4 heteroatoms. The highest BCUT2D eigenvalue weighted by molar-refractivity contribution is 5.81. The van der Waals surface area contributed by atoms with Crippen molar-refractivity contribution in [1.29, 1.82) is 0 Å². The van der Waals surface area contributed by atoms with Gasteiger partial charge in [0.25, 0.3) is 0 Å². The van der Waals surface area contributed by atoms with E-state index in [4.69, 9.17) is 4.74 Å². The molecule has 19 heavy (non-hydrogen) atoms. The molecular weight excluding hydrogens is 238 g/mol. The van der Waals surface area contributed by atoms with E-state index in [0.29, 0.717) is 5.92 Å². The van der Waals surface area contributed by atoms with Crippen molar-refractivity contribution in [2.75, 3.05) is 26.8 Å². The van der Waals surface area contributed by atoms with Crippen LogP contribution in [0.25, 0.3) is 11.0 Å². The van der Waals surface area contributed by atoms with Gasteiger partial charge in [0.05, 0.1) is 6.61 Å². The zero-order valence-electron chi connectivity index (χ0n) is 11.4. The Morgan fingerprint density at radius 1 is 1.42 bits per heavy atom. The minimum atomic E-state index is 0.664. The van der Waals surface area contributed by atoms with Crippen molar-refractivity contribution in [2.24, 2.45) is 0 Å². The van der Waals surface area contributed by atoms with Gasteiger partial charge in [-0.2, -0.15) is 0 Å². The summed E-state index contributed by atoms with van der Waals surface area (Å²) in [5.74, 6) is 0.664. The molecule has 0 aliphatic carbocycles. The van der Waals surface area contributed by atoms with E-state index in [1.807, 2.05) is 12.3 Å². The Bertz CT molecular complexity index is 543. The molecule has 0 unspecified atom stereocenters. The highest BCUT2D eigenvalue weighted by Crippen LogP contribution is 2.32. The quantitative estimate of drug-likeness (QED) is 0.914. The largest absolute Gasteiger partial charge is 0.383 e. The smallest absolute Gasteiger partial charge is 0.140 e. The number of pyridine rings is 1. The molecule has 1 aliphatic rings. The number of nitrogens with one attached hydrogen (secondary N) is 1. The predicted octanol–water partition coefficient (Wildman–Crippen LogP) is 2.15. The van der Waals surface area contributed by atoms with Crippen molar-refractivity contribution >= 4 is 11.0 Å². The minimum absolute atomic E-state index is 0.664. The molecule has 1 aliphatic heterocycles. The summed E-state index contributed by atoms with van der Waals surface area (Å²) in [7, 11) is 1.74. The Morgan fingerprint density at radius 2 is 2.26 bits per heavy atom. The summed E-state index contributed by atoms with van der Waals surface area (Å²) in [5.41, 5.74) is 2.55. The Balaban J connectivity index is 1.98. The van der Waals surface area contributed by atoms with Crippen LogP contribution in [-0.4, -0.2) is 36.4 Å². The van der Waals surface area contributed by atoms with Gasteiger partial charge in [0.1, 0.15) is 5.65 Å². The third-order valence-corrected chi connectivity index (χ3v) is 3.98. The summed E-state index contributed by atoms with van der Waals surface area (Å²) >= 11 is 0. The maximum absolute atomic E-state index is 5.19. The van der Waals surface area contributed by atoms with Crippen LogP contribution in [0.1, 0.15) is 24.3 Å². The molecule has 102 valence electrons. The molecule has 0 spiro atoms. The van der Waals surface area contributed by atoms with Crippen molar-refractivity contribution < 1.29 is 4.74 Å². The Labute approximate surface area is 113 Å². The molecule has 0 bridgehead atoms. The van der Waals surface area contributed by atoms with Crippen LogP contribution < -0.4 is 5.32 Å². The summed E-state index contributed by atoms with van der Waals surface area (Å²) in [6.07, 6.45) is 6.60.